The summed E-state index contributed by atoms with van der Waals surface area (Å²) in [5.41, 5.74) is 1.80. The highest BCUT2D eigenvalue weighted by atomic mass is 16.2. The van der Waals surface area contributed by atoms with Crippen molar-refractivity contribution in [1.82, 2.24) is 9.97 Å². The molecule has 90 valence electrons. The lowest BCUT2D eigenvalue weighted by Crippen LogP contribution is -2.20. The highest BCUT2D eigenvalue weighted by Crippen LogP contribution is 2.14. The Morgan fingerprint density at radius 2 is 2.24 bits per heavy atom. The van der Waals surface area contributed by atoms with E-state index in [1.165, 1.54) is 0 Å². The summed E-state index contributed by atoms with van der Waals surface area (Å²) in [6.07, 6.45) is 1.90. The van der Waals surface area contributed by atoms with Crippen LogP contribution >= 0.6 is 0 Å². The Kier molecular flexibility index (Phi) is 3.42. The van der Waals surface area contributed by atoms with Gasteiger partial charge in [-0.1, -0.05) is 32.4 Å². The summed E-state index contributed by atoms with van der Waals surface area (Å²) in [5.74, 6) is 0.568. The SMILES string of the molecule is CCCC(C)C(=O)Nc1nc2ccccc2[nH]1. The third-order valence-electron chi connectivity index (χ3n) is 2.80. The maximum Gasteiger partial charge on any atom is 0.229 e. The third-order valence-corrected chi connectivity index (χ3v) is 2.80. The topological polar surface area (TPSA) is 57.8 Å². The zero-order chi connectivity index (χ0) is 12.3. The maximum atomic E-state index is 11.8. The number of carbonyl (C=O) groups excluding carboxylic acids is 1. The number of imidazole rings is 1. The van der Waals surface area contributed by atoms with E-state index in [1.54, 1.807) is 0 Å². The molecule has 0 aliphatic rings. The Morgan fingerprint density at radius 1 is 1.47 bits per heavy atom. The number of nitrogens with zero attached hydrogens (tertiary/aromatic N) is 1. The molecule has 17 heavy (non-hydrogen) atoms. The Bertz CT molecular complexity index is 485. The van der Waals surface area contributed by atoms with Crippen LogP contribution in [-0.2, 0) is 4.79 Å². The summed E-state index contributed by atoms with van der Waals surface area (Å²) in [7, 11) is 0. The fraction of sp³-hybridized carbons (Fsp3) is 0.385. The number of amides is 1. The summed E-state index contributed by atoms with van der Waals surface area (Å²) < 4.78 is 0. The van der Waals surface area contributed by atoms with Crippen LogP contribution in [0, 0.1) is 5.92 Å². The molecule has 1 heterocycles. The summed E-state index contributed by atoms with van der Waals surface area (Å²) in [6, 6.07) is 7.71. The van der Waals surface area contributed by atoms with Crippen LogP contribution in [0.25, 0.3) is 11.0 Å². The van der Waals surface area contributed by atoms with Crippen molar-refractivity contribution in [2.24, 2.45) is 5.92 Å². The highest BCUT2D eigenvalue weighted by Gasteiger charge is 2.13. The van der Waals surface area contributed by atoms with Gasteiger partial charge in [0.2, 0.25) is 11.9 Å². The van der Waals surface area contributed by atoms with Crippen LogP contribution in [0.2, 0.25) is 0 Å². The minimum atomic E-state index is 0.0194. The van der Waals surface area contributed by atoms with E-state index < -0.39 is 0 Å². The van der Waals surface area contributed by atoms with Crippen molar-refractivity contribution in [3.05, 3.63) is 24.3 Å². The summed E-state index contributed by atoms with van der Waals surface area (Å²) in [6.45, 7) is 4.01. The second-order valence-electron chi connectivity index (χ2n) is 4.28. The number of aromatic amines is 1. The molecular weight excluding hydrogens is 214 g/mol. The van der Waals surface area contributed by atoms with Gasteiger partial charge in [-0.15, -0.1) is 0 Å². The zero-order valence-electron chi connectivity index (χ0n) is 10.2. The maximum absolute atomic E-state index is 11.8. The Balaban J connectivity index is 2.10. The average Bonchev–Trinajstić information content (AvgIpc) is 2.71. The average molecular weight is 231 g/mol. The minimum Gasteiger partial charge on any atom is -0.324 e. The third kappa shape index (κ3) is 2.64. The predicted molar refractivity (Wildman–Crippen MR) is 68.8 cm³/mol. The van der Waals surface area contributed by atoms with Gasteiger partial charge in [0.15, 0.2) is 0 Å². The molecule has 0 aliphatic carbocycles. The molecule has 2 rings (SSSR count). The van der Waals surface area contributed by atoms with Gasteiger partial charge < -0.3 is 4.98 Å². The number of benzene rings is 1. The van der Waals surface area contributed by atoms with Crippen molar-refractivity contribution in [3.8, 4) is 0 Å². The predicted octanol–water partition coefficient (Wildman–Crippen LogP) is 2.94. The van der Waals surface area contributed by atoms with Crippen LogP contribution in [0.3, 0.4) is 0 Å². The van der Waals surface area contributed by atoms with E-state index in [-0.39, 0.29) is 11.8 Å². The van der Waals surface area contributed by atoms with E-state index in [0.29, 0.717) is 5.95 Å². The van der Waals surface area contributed by atoms with Gasteiger partial charge in [0.05, 0.1) is 11.0 Å². The fourth-order valence-corrected chi connectivity index (χ4v) is 1.82. The molecular formula is C13H17N3O. The van der Waals surface area contributed by atoms with Crippen LogP contribution < -0.4 is 5.32 Å². The summed E-state index contributed by atoms with van der Waals surface area (Å²) in [5, 5.41) is 2.81. The molecule has 4 heteroatoms. The number of anilines is 1. The second kappa shape index (κ2) is 4.99. The Morgan fingerprint density at radius 3 is 2.94 bits per heavy atom. The molecule has 1 amide bonds. The first-order valence-electron chi connectivity index (χ1n) is 5.96. The molecule has 2 aromatic rings. The van der Waals surface area contributed by atoms with Crippen LogP contribution in [0.1, 0.15) is 26.7 Å². The molecule has 1 aromatic carbocycles. The number of nitrogens with one attached hydrogen (secondary N) is 2. The van der Waals surface area contributed by atoms with Crippen molar-refractivity contribution < 1.29 is 4.79 Å². The number of H-pyrrole nitrogens is 1. The molecule has 1 unspecified atom stereocenters. The van der Waals surface area contributed by atoms with Crippen molar-refractivity contribution in [1.29, 1.82) is 0 Å². The van der Waals surface area contributed by atoms with Crippen molar-refractivity contribution in [3.63, 3.8) is 0 Å². The highest BCUT2D eigenvalue weighted by molar-refractivity contribution is 5.92. The molecule has 0 bridgehead atoms. The first kappa shape index (κ1) is 11.6. The van der Waals surface area contributed by atoms with Gasteiger partial charge in [-0.05, 0) is 18.6 Å². The van der Waals surface area contributed by atoms with Crippen molar-refractivity contribution >= 4 is 22.9 Å². The Hall–Kier alpha value is -1.84. The summed E-state index contributed by atoms with van der Waals surface area (Å²) in [4.78, 5) is 19.2. The van der Waals surface area contributed by atoms with Crippen LogP contribution in [0.4, 0.5) is 5.95 Å². The molecule has 2 N–H and O–H groups in total. The zero-order valence-corrected chi connectivity index (χ0v) is 10.2. The van der Waals surface area contributed by atoms with Gasteiger partial charge in [-0.25, -0.2) is 4.98 Å². The molecule has 0 radical (unpaired) electrons. The van der Waals surface area contributed by atoms with Crippen LogP contribution in [0.5, 0.6) is 0 Å². The Labute approximate surface area is 100 Å². The van der Waals surface area contributed by atoms with E-state index >= 15 is 0 Å². The van der Waals surface area contributed by atoms with E-state index in [9.17, 15) is 4.79 Å². The van der Waals surface area contributed by atoms with E-state index in [0.717, 1.165) is 23.9 Å². The fourth-order valence-electron chi connectivity index (χ4n) is 1.82. The van der Waals surface area contributed by atoms with Crippen LogP contribution in [-0.4, -0.2) is 15.9 Å². The molecule has 0 saturated carbocycles. The minimum absolute atomic E-state index is 0.0194. The lowest BCUT2D eigenvalue weighted by Gasteiger charge is -2.08. The van der Waals surface area contributed by atoms with Crippen molar-refractivity contribution in [2.45, 2.75) is 26.7 Å². The number of para-hydroxylation sites is 2. The first-order valence-corrected chi connectivity index (χ1v) is 5.96. The molecule has 0 saturated heterocycles. The van der Waals surface area contributed by atoms with Gasteiger partial charge in [0, 0.05) is 5.92 Å². The smallest absolute Gasteiger partial charge is 0.229 e. The van der Waals surface area contributed by atoms with Gasteiger partial charge in [0.25, 0.3) is 0 Å². The van der Waals surface area contributed by atoms with Gasteiger partial charge in [-0.3, -0.25) is 10.1 Å². The monoisotopic (exact) mass is 231 g/mol. The van der Waals surface area contributed by atoms with E-state index in [1.807, 2.05) is 31.2 Å². The molecule has 1 aromatic heterocycles. The number of aromatic nitrogens is 2. The van der Waals surface area contributed by atoms with Gasteiger partial charge >= 0.3 is 0 Å². The molecule has 4 nitrogen and oxygen atoms in total. The molecule has 1 atom stereocenters. The number of hydrogen-bond donors (Lipinski definition) is 2. The standard InChI is InChI=1S/C13H17N3O/c1-3-6-9(2)12(17)16-13-14-10-7-4-5-8-11(10)15-13/h4-5,7-9H,3,6H2,1-2H3,(H2,14,15,16,17). The molecule has 0 fully saturated rings. The van der Waals surface area contributed by atoms with Gasteiger partial charge in [0.1, 0.15) is 0 Å². The second-order valence-corrected chi connectivity index (χ2v) is 4.28. The molecule has 0 aliphatic heterocycles. The van der Waals surface area contributed by atoms with Crippen molar-refractivity contribution in [2.75, 3.05) is 5.32 Å². The lowest BCUT2D eigenvalue weighted by atomic mass is 10.1. The van der Waals surface area contributed by atoms with Crippen LogP contribution in [0.15, 0.2) is 24.3 Å². The lowest BCUT2D eigenvalue weighted by molar-refractivity contribution is -0.119. The van der Waals surface area contributed by atoms with Gasteiger partial charge in [-0.2, -0.15) is 0 Å². The summed E-state index contributed by atoms with van der Waals surface area (Å²) >= 11 is 0. The quantitative estimate of drug-likeness (QED) is 0.850. The molecule has 0 spiro atoms. The number of carbonyl (C=O) groups is 1. The first-order chi connectivity index (χ1) is 8.20. The largest absolute Gasteiger partial charge is 0.324 e. The van der Waals surface area contributed by atoms with E-state index in [4.69, 9.17) is 0 Å². The van der Waals surface area contributed by atoms with E-state index in [2.05, 4.69) is 22.2 Å². The number of fused-ring (bicyclic) bond motifs is 1. The number of rotatable bonds is 4. The normalized spacial score (nSPS) is 12.6. The number of hydrogen-bond acceptors (Lipinski definition) is 2.